The highest BCUT2D eigenvalue weighted by molar-refractivity contribution is 5.92. The summed E-state index contributed by atoms with van der Waals surface area (Å²) >= 11 is 0. The van der Waals surface area contributed by atoms with Crippen molar-refractivity contribution in [1.82, 2.24) is 9.80 Å². The van der Waals surface area contributed by atoms with Gasteiger partial charge in [-0.1, -0.05) is 0 Å². The first kappa shape index (κ1) is 16.0. The van der Waals surface area contributed by atoms with E-state index in [4.69, 9.17) is 4.74 Å². The molecule has 0 spiro atoms. The molecule has 0 fully saturated rings. The van der Waals surface area contributed by atoms with Crippen molar-refractivity contribution in [2.75, 3.05) is 46.7 Å². The Morgan fingerprint density at radius 2 is 1.70 bits per heavy atom. The van der Waals surface area contributed by atoms with E-state index in [1.54, 1.807) is 57.4 Å². The lowest BCUT2D eigenvalue weighted by molar-refractivity contribution is -0.130. The van der Waals surface area contributed by atoms with Crippen molar-refractivity contribution < 1.29 is 14.3 Å². The van der Waals surface area contributed by atoms with Crippen LogP contribution >= 0.6 is 0 Å². The number of amides is 2. The van der Waals surface area contributed by atoms with Gasteiger partial charge in [0.25, 0.3) is 0 Å². The van der Waals surface area contributed by atoms with E-state index >= 15 is 0 Å². The van der Waals surface area contributed by atoms with E-state index in [-0.39, 0.29) is 24.9 Å². The molecule has 1 aromatic rings. The molecule has 0 atom stereocenters. The molecule has 0 unspecified atom stereocenters. The van der Waals surface area contributed by atoms with E-state index < -0.39 is 0 Å². The van der Waals surface area contributed by atoms with Crippen molar-refractivity contribution in [3.63, 3.8) is 0 Å². The summed E-state index contributed by atoms with van der Waals surface area (Å²) in [6.07, 6.45) is 0. The zero-order valence-corrected chi connectivity index (χ0v) is 12.3. The number of hydrogen-bond acceptors (Lipinski definition) is 4. The summed E-state index contributed by atoms with van der Waals surface area (Å²) in [6, 6.07) is 7.08. The van der Waals surface area contributed by atoms with Gasteiger partial charge in [0.1, 0.15) is 5.75 Å². The van der Waals surface area contributed by atoms with Crippen LogP contribution in [0.3, 0.4) is 0 Å². The van der Waals surface area contributed by atoms with Gasteiger partial charge in [-0.05, 0) is 31.3 Å². The maximum absolute atomic E-state index is 11.8. The quantitative estimate of drug-likeness (QED) is 0.830. The van der Waals surface area contributed by atoms with Crippen LogP contribution in [0.1, 0.15) is 0 Å². The van der Waals surface area contributed by atoms with Gasteiger partial charge in [-0.3, -0.25) is 14.5 Å². The monoisotopic (exact) mass is 279 g/mol. The molecule has 0 saturated carbocycles. The lowest BCUT2D eigenvalue weighted by atomic mass is 10.3. The summed E-state index contributed by atoms with van der Waals surface area (Å²) in [6.45, 7) is 0.370. The first-order valence-electron chi connectivity index (χ1n) is 6.25. The first-order valence-corrected chi connectivity index (χ1v) is 6.25. The van der Waals surface area contributed by atoms with Gasteiger partial charge in [0, 0.05) is 19.8 Å². The number of likely N-dealkylation sites (N-methyl/N-ethyl adjacent to an activating group) is 2. The van der Waals surface area contributed by atoms with Gasteiger partial charge in [0.2, 0.25) is 11.8 Å². The van der Waals surface area contributed by atoms with Crippen molar-refractivity contribution in [2.45, 2.75) is 0 Å². The van der Waals surface area contributed by atoms with Crippen molar-refractivity contribution in [1.29, 1.82) is 0 Å². The van der Waals surface area contributed by atoms with Crippen LogP contribution in [0, 0.1) is 0 Å². The van der Waals surface area contributed by atoms with Gasteiger partial charge in [-0.2, -0.15) is 0 Å². The second-order valence-electron chi connectivity index (χ2n) is 4.74. The smallest absolute Gasteiger partial charge is 0.238 e. The average Bonchev–Trinajstić information content (AvgIpc) is 2.39. The maximum Gasteiger partial charge on any atom is 0.238 e. The first-order chi connectivity index (χ1) is 9.42. The van der Waals surface area contributed by atoms with Crippen LogP contribution in [0.2, 0.25) is 0 Å². The summed E-state index contributed by atoms with van der Waals surface area (Å²) in [5.74, 6) is 0.533. The van der Waals surface area contributed by atoms with Gasteiger partial charge in [-0.25, -0.2) is 0 Å². The van der Waals surface area contributed by atoms with Crippen molar-refractivity contribution >= 4 is 17.5 Å². The number of hydrogen-bond donors (Lipinski definition) is 1. The van der Waals surface area contributed by atoms with E-state index in [0.717, 1.165) is 5.75 Å². The van der Waals surface area contributed by atoms with Gasteiger partial charge >= 0.3 is 0 Å². The number of carbonyl (C=O) groups is 2. The van der Waals surface area contributed by atoms with Crippen LogP contribution in [0.15, 0.2) is 24.3 Å². The minimum Gasteiger partial charge on any atom is -0.497 e. The molecule has 0 aliphatic heterocycles. The molecule has 20 heavy (non-hydrogen) atoms. The molecule has 6 heteroatoms. The molecule has 0 aliphatic rings. The summed E-state index contributed by atoms with van der Waals surface area (Å²) < 4.78 is 5.04. The third-order valence-electron chi connectivity index (χ3n) is 2.69. The normalized spacial score (nSPS) is 10.2. The molecule has 1 aromatic carbocycles. The topological polar surface area (TPSA) is 61.9 Å². The zero-order chi connectivity index (χ0) is 15.1. The molecule has 0 radical (unpaired) electrons. The number of ether oxygens (including phenoxy) is 1. The molecule has 110 valence electrons. The Labute approximate surface area is 119 Å². The highest BCUT2D eigenvalue weighted by Crippen LogP contribution is 2.14. The number of methoxy groups -OCH3 is 1. The Morgan fingerprint density at radius 3 is 2.20 bits per heavy atom. The number of nitrogens with one attached hydrogen (secondary N) is 1. The molecule has 2 amide bonds. The molecule has 0 bridgehead atoms. The van der Waals surface area contributed by atoms with E-state index in [9.17, 15) is 9.59 Å². The van der Waals surface area contributed by atoms with Crippen molar-refractivity contribution in [3.05, 3.63) is 24.3 Å². The van der Waals surface area contributed by atoms with Gasteiger partial charge < -0.3 is 15.0 Å². The van der Waals surface area contributed by atoms with Crippen LogP contribution in [-0.4, -0.2) is 63.0 Å². The number of carbonyl (C=O) groups excluding carboxylic acids is 2. The maximum atomic E-state index is 11.8. The fourth-order valence-electron chi connectivity index (χ4n) is 1.55. The van der Waals surface area contributed by atoms with Crippen LogP contribution in [0.5, 0.6) is 5.75 Å². The zero-order valence-electron chi connectivity index (χ0n) is 12.3. The van der Waals surface area contributed by atoms with Gasteiger partial charge in [0.05, 0.1) is 20.2 Å². The van der Waals surface area contributed by atoms with Crippen LogP contribution in [0.25, 0.3) is 0 Å². The van der Waals surface area contributed by atoms with Crippen molar-refractivity contribution in [3.8, 4) is 5.75 Å². The Balaban J connectivity index is 2.44. The third-order valence-corrected chi connectivity index (χ3v) is 2.69. The number of benzene rings is 1. The van der Waals surface area contributed by atoms with E-state index in [0.29, 0.717) is 5.69 Å². The number of anilines is 1. The van der Waals surface area contributed by atoms with Crippen LogP contribution in [0.4, 0.5) is 5.69 Å². The highest BCUT2D eigenvalue weighted by Gasteiger charge is 2.12. The lowest BCUT2D eigenvalue weighted by Gasteiger charge is -2.18. The third kappa shape index (κ3) is 5.27. The predicted molar refractivity (Wildman–Crippen MR) is 77.8 cm³/mol. The molecule has 1 rings (SSSR count). The van der Waals surface area contributed by atoms with Crippen LogP contribution < -0.4 is 10.1 Å². The molecule has 0 heterocycles. The Morgan fingerprint density at radius 1 is 1.10 bits per heavy atom. The molecular formula is C14H21N3O3. The summed E-state index contributed by atoms with van der Waals surface area (Å²) in [5, 5.41) is 2.77. The second-order valence-corrected chi connectivity index (χ2v) is 4.74. The van der Waals surface area contributed by atoms with E-state index in [1.165, 1.54) is 4.90 Å². The Bertz CT molecular complexity index is 457. The number of nitrogens with zero attached hydrogens (tertiary/aromatic N) is 2. The molecule has 0 aliphatic carbocycles. The Kier molecular flexibility index (Phi) is 5.99. The SMILES string of the molecule is COc1ccc(NC(=O)CN(C)CC(=O)N(C)C)cc1. The highest BCUT2D eigenvalue weighted by atomic mass is 16.5. The molecule has 0 aromatic heterocycles. The lowest BCUT2D eigenvalue weighted by Crippen LogP contribution is -2.38. The van der Waals surface area contributed by atoms with E-state index in [2.05, 4.69) is 5.32 Å². The summed E-state index contributed by atoms with van der Waals surface area (Å²) in [5.41, 5.74) is 0.697. The molecular weight excluding hydrogens is 258 g/mol. The van der Waals surface area contributed by atoms with Crippen molar-refractivity contribution in [2.24, 2.45) is 0 Å². The summed E-state index contributed by atoms with van der Waals surface area (Å²) in [4.78, 5) is 26.5. The minimum atomic E-state index is -0.163. The largest absolute Gasteiger partial charge is 0.497 e. The minimum absolute atomic E-state index is 0.0373. The van der Waals surface area contributed by atoms with E-state index in [1.807, 2.05) is 0 Å². The second kappa shape index (κ2) is 7.49. The number of rotatable bonds is 6. The fraction of sp³-hybridized carbons (Fsp3) is 0.429. The molecule has 1 N–H and O–H groups in total. The average molecular weight is 279 g/mol. The Hall–Kier alpha value is -2.08. The predicted octanol–water partition coefficient (Wildman–Crippen LogP) is 0.654. The summed E-state index contributed by atoms with van der Waals surface area (Å²) in [7, 11) is 6.69. The van der Waals surface area contributed by atoms with Gasteiger partial charge in [0.15, 0.2) is 0 Å². The standard InChI is InChI=1S/C14H21N3O3/c1-16(2)14(19)10-17(3)9-13(18)15-11-5-7-12(20-4)8-6-11/h5-8H,9-10H2,1-4H3,(H,15,18). The fourth-order valence-corrected chi connectivity index (χ4v) is 1.55. The van der Waals surface area contributed by atoms with Crippen LogP contribution in [-0.2, 0) is 9.59 Å². The van der Waals surface area contributed by atoms with Gasteiger partial charge in [-0.15, -0.1) is 0 Å². The molecule has 6 nitrogen and oxygen atoms in total. The molecule has 0 saturated heterocycles.